The van der Waals surface area contributed by atoms with E-state index in [4.69, 9.17) is 0 Å². The number of rotatable bonds is 4. The molecule has 0 bridgehead atoms. The number of carbonyl (C=O) groups is 1. The molecule has 1 fully saturated rings. The predicted octanol–water partition coefficient (Wildman–Crippen LogP) is 3.69. The van der Waals surface area contributed by atoms with Crippen LogP contribution in [0.25, 0.3) is 0 Å². The highest BCUT2D eigenvalue weighted by molar-refractivity contribution is 7.09. The van der Waals surface area contributed by atoms with Gasteiger partial charge in [0.1, 0.15) is 5.69 Å². The molecule has 0 aliphatic carbocycles. The maximum Gasteiger partial charge on any atom is 0.271 e. The molecule has 5 rings (SSSR count). The molecule has 4 nitrogen and oxygen atoms in total. The molecule has 6 heteroatoms. The van der Waals surface area contributed by atoms with Crippen molar-refractivity contribution in [3.8, 4) is 0 Å². The molecule has 3 aromatic rings. The van der Waals surface area contributed by atoms with E-state index in [0.717, 1.165) is 31.9 Å². The van der Waals surface area contributed by atoms with Crippen molar-refractivity contribution in [2.45, 2.75) is 25.2 Å². The highest BCUT2D eigenvalue weighted by atomic mass is 32.1. The van der Waals surface area contributed by atoms with Crippen LogP contribution in [0.1, 0.15) is 27.0 Å². The topological polar surface area (TPSA) is 28.5 Å². The van der Waals surface area contributed by atoms with Gasteiger partial charge < -0.3 is 9.47 Å². The number of thiophene rings is 2. The molecule has 0 aromatic carbocycles. The van der Waals surface area contributed by atoms with E-state index in [1.165, 1.54) is 10.4 Å². The van der Waals surface area contributed by atoms with Gasteiger partial charge in [-0.15, -0.1) is 11.3 Å². The largest absolute Gasteiger partial charge is 0.337 e. The molecule has 5 heterocycles. The molecule has 2 aliphatic heterocycles. The fourth-order valence-electron chi connectivity index (χ4n) is 4.12. The van der Waals surface area contributed by atoms with Gasteiger partial charge in [0, 0.05) is 30.7 Å². The van der Waals surface area contributed by atoms with Crippen molar-refractivity contribution in [3.05, 3.63) is 68.8 Å². The van der Waals surface area contributed by atoms with Gasteiger partial charge in [0.05, 0.1) is 18.6 Å². The van der Waals surface area contributed by atoms with Crippen molar-refractivity contribution in [2.24, 2.45) is 0 Å². The summed E-state index contributed by atoms with van der Waals surface area (Å²) in [5.41, 5.74) is 2.20. The van der Waals surface area contributed by atoms with Gasteiger partial charge in [0.2, 0.25) is 0 Å². The van der Waals surface area contributed by atoms with Crippen molar-refractivity contribution in [2.75, 3.05) is 13.1 Å². The summed E-state index contributed by atoms with van der Waals surface area (Å²) in [6.07, 6.45) is 2.07. The summed E-state index contributed by atoms with van der Waals surface area (Å²) in [7, 11) is 0. The third-order valence-corrected chi connectivity index (χ3v) is 6.84. The first-order chi connectivity index (χ1) is 12.3. The Morgan fingerprint density at radius 2 is 1.96 bits per heavy atom. The lowest BCUT2D eigenvalue weighted by molar-refractivity contribution is 0.0559. The Hall–Kier alpha value is -1.89. The molecular weight excluding hydrogens is 350 g/mol. The van der Waals surface area contributed by atoms with Crippen LogP contribution in [-0.4, -0.2) is 39.4 Å². The minimum absolute atomic E-state index is 0.164. The Labute approximate surface area is 154 Å². The summed E-state index contributed by atoms with van der Waals surface area (Å²) >= 11 is 3.47. The lowest BCUT2D eigenvalue weighted by atomic mass is 10.1. The van der Waals surface area contributed by atoms with Gasteiger partial charge in [0.25, 0.3) is 5.91 Å². The summed E-state index contributed by atoms with van der Waals surface area (Å²) < 4.78 is 2.20. The molecule has 128 valence electrons. The van der Waals surface area contributed by atoms with Crippen LogP contribution < -0.4 is 0 Å². The molecule has 0 spiro atoms. The number of carbonyl (C=O) groups excluding carboxylic acids is 1. The van der Waals surface area contributed by atoms with Crippen LogP contribution in [0.2, 0.25) is 0 Å². The third-order valence-electron chi connectivity index (χ3n) is 5.24. The Bertz CT molecular complexity index is 869. The van der Waals surface area contributed by atoms with E-state index in [0.29, 0.717) is 6.04 Å². The lowest BCUT2D eigenvalue weighted by Crippen LogP contribution is -2.49. The number of aromatic nitrogens is 1. The maximum absolute atomic E-state index is 13.1. The quantitative estimate of drug-likeness (QED) is 0.702. The van der Waals surface area contributed by atoms with Crippen molar-refractivity contribution in [1.29, 1.82) is 0 Å². The average molecular weight is 370 g/mol. The van der Waals surface area contributed by atoms with E-state index < -0.39 is 0 Å². The molecule has 2 atom stereocenters. The van der Waals surface area contributed by atoms with Crippen LogP contribution in [0.15, 0.2) is 52.7 Å². The lowest BCUT2D eigenvalue weighted by Gasteiger charge is -2.38. The zero-order chi connectivity index (χ0) is 16.8. The number of amides is 1. The van der Waals surface area contributed by atoms with Gasteiger partial charge in [-0.3, -0.25) is 9.69 Å². The number of hydrogen-bond acceptors (Lipinski definition) is 4. The first kappa shape index (κ1) is 15.4. The summed E-state index contributed by atoms with van der Waals surface area (Å²) in [6, 6.07) is 10.9. The molecule has 1 saturated heterocycles. The molecule has 0 radical (unpaired) electrons. The molecular formula is C19H19N3OS2. The summed E-state index contributed by atoms with van der Waals surface area (Å²) in [4.78, 5) is 18.9. The number of hydrogen-bond donors (Lipinski definition) is 0. The third kappa shape index (κ3) is 2.65. The molecule has 0 unspecified atom stereocenters. The van der Waals surface area contributed by atoms with E-state index in [-0.39, 0.29) is 11.9 Å². The zero-order valence-corrected chi connectivity index (χ0v) is 15.4. The van der Waals surface area contributed by atoms with E-state index in [1.54, 1.807) is 22.7 Å². The van der Waals surface area contributed by atoms with Crippen LogP contribution in [0.5, 0.6) is 0 Å². The molecule has 2 aliphatic rings. The second-order valence-electron chi connectivity index (χ2n) is 6.77. The minimum Gasteiger partial charge on any atom is -0.337 e. The van der Waals surface area contributed by atoms with Crippen LogP contribution >= 0.6 is 22.7 Å². The number of fused-ring (bicyclic) bond motifs is 3. The average Bonchev–Trinajstić information content (AvgIpc) is 3.36. The second-order valence-corrected chi connectivity index (χ2v) is 8.59. The van der Waals surface area contributed by atoms with Crippen LogP contribution in [0.3, 0.4) is 0 Å². The minimum atomic E-state index is 0.164. The predicted molar refractivity (Wildman–Crippen MR) is 101 cm³/mol. The zero-order valence-electron chi connectivity index (χ0n) is 13.7. The van der Waals surface area contributed by atoms with Crippen molar-refractivity contribution in [3.63, 3.8) is 0 Å². The Balaban J connectivity index is 1.45. The monoisotopic (exact) mass is 369 g/mol. The van der Waals surface area contributed by atoms with Crippen LogP contribution in [0, 0.1) is 0 Å². The Morgan fingerprint density at radius 3 is 2.76 bits per heavy atom. The normalized spacial score (nSPS) is 23.0. The summed E-state index contributed by atoms with van der Waals surface area (Å²) in [6.45, 7) is 3.62. The SMILES string of the molecule is O=C1c2cccn2[C@@H]2CN(Cc3ccsc3)C[C@H]2N1Cc1cccs1. The second kappa shape index (κ2) is 6.12. The smallest absolute Gasteiger partial charge is 0.271 e. The van der Waals surface area contributed by atoms with Crippen molar-refractivity contribution >= 4 is 28.6 Å². The van der Waals surface area contributed by atoms with Gasteiger partial charge in [-0.05, 0) is 46.0 Å². The fraction of sp³-hybridized carbons (Fsp3) is 0.316. The van der Waals surface area contributed by atoms with Crippen molar-refractivity contribution < 1.29 is 4.79 Å². The maximum atomic E-state index is 13.1. The summed E-state index contributed by atoms with van der Waals surface area (Å²) in [5.74, 6) is 0.164. The fourth-order valence-corrected chi connectivity index (χ4v) is 5.48. The van der Waals surface area contributed by atoms with E-state index in [1.807, 2.05) is 12.1 Å². The standard InChI is InChI=1S/C19H19N3OS2/c23-19-16-4-1-6-21(16)17-11-20(9-14-5-8-24-13-14)12-18(17)22(19)10-15-3-2-7-25-15/h1-8,13,17-18H,9-12H2/t17-,18-/m1/s1. The van der Waals surface area contributed by atoms with Gasteiger partial charge in [0.15, 0.2) is 0 Å². The van der Waals surface area contributed by atoms with E-state index in [2.05, 4.69) is 54.9 Å². The van der Waals surface area contributed by atoms with Gasteiger partial charge in [-0.1, -0.05) is 6.07 Å². The molecule has 25 heavy (non-hydrogen) atoms. The molecule has 3 aromatic heterocycles. The molecule has 0 saturated carbocycles. The number of likely N-dealkylation sites (tertiary alicyclic amines) is 1. The van der Waals surface area contributed by atoms with Gasteiger partial charge >= 0.3 is 0 Å². The van der Waals surface area contributed by atoms with Crippen LogP contribution in [0.4, 0.5) is 0 Å². The highest BCUT2D eigenvalue weighted by Gasteiger charge is 2.44. The van der Waals surface area contributed by atoms with E-state index in [9.17, 15) is 4.79 Å². The number of nitrogens with zero attached hydrogens (tertiary/aromatic N) is 3. The van der Waals surface area contributed by atoms with Crippen molar-refractivity contribution in [1.82, 2.24) is 14.4 Å². The first-order valence-electron chi connectivity index (χ1n) is 8.53. The highest BCUT2D eigenvalue weighted by Crippen LogP contribution is 2.35. The van der Waals surface area contributed by atoms with Gasteiger partial charge in [-0.25, -0.2) is 0 Å². The molecule has 1 amide bonds. The Morgan fingerprint density at radius 1 is 1.04 bits per heavy atom. The Kier molecular flexibility index (Phi) is 3.77. The van der Waals surface area contributed by atoms with E-state index >= 15 is 0 Å². The van der Waals surface area contributed by atoms with Gasteiger partial charge in [-0.2, -0.15) is 11.3 Å². The van der Waals surface area contributed by atoms with Crippen LogP contribution in [-0.2, 0) is 13.1 Å². The molecule has 0 N–H and O–H groups in total. The summed E-state index contributed by atoms with van der Waals surface area (Å²) in [5, 5.41) is 6.44. The first-order valence-corrected chi connectivity index (χ1v) is 10.4.